The van der Waals surface area contributed by atoms with Crippen LogP contribution in [0.25, 0.3) is 0 Å². The molecule has 13 nitrogen and oxygen atoms in total. The van der Waals surface area contributed by atoms with Gasteiger partial charge in [-0.05, 0) is 25.8 Å². The first-order chi connectivity index (χ1) is 21.0. The number of carbonyl (C=O) groups excluding carboxylic acids is 5. The van der Waals surface area contributed by atoms with Crippen molar-refractivity contribution < 1.29 is 52.4 Å². The van der Waals surface area contributed by atoms with Gasteiger partial charge in [-0.2, -0.15) is 0 Å². The molecule has 0 spiro atoms. The number of aromatic nitrogens is 1. The average Bonchev–Trinajstić information content (AvgIpc) is 3.03. The smallest absolute Gasteiger partial charge is 0.493 e. The van der Waals surface area contributed by atoms with E-state index in [1.165, 1.54) is 26.3 Å². The topological polar surface area (TPSA) is 166 Å². The summed E-state index contributed by atoms with van der Waals surface area (Å²) in [4.78, 5) is 68.7. The third kappa shape index (κ3) is 8.94. The van der Waals surface area contributed by atoms with Crippen LogP contribution in [0.5, 0.6) is 11.5 Å². The number of hydrogen-bond acceptors (Lipinski definition) is 12. The SMILES string of the molecule is CC#CCOC(=O)Oc1c(OC)ccnc1C(=O)NC1COC(=O)C(Cc2ccccc2)C(OC(=O)C(C)C)C(C)OC1=O. The lowest BCUT2D eigenvalue weighted by atomic mass is 9.91. The predicted molar refractivity (Wildman–Crippen MR) is 152 cm³/mol. The van der Waals surface area contributed by atoms with Crippen LogP contribution in [-0.4, -0.2) is 73.5 Å². The summed E-state index contributed by atoms with van der Waals surface area (Å²) in [6.45, 7) is 5.45. The summed E-state index contributed by atoms with van der Waals surface area (Å²) in [5.41, 5.74) is 0.334. The van der Waals surface area contributed by atoms with Crippen LogP contribution in [0.2, 0.25) is 0 Å². The zero-order chi connectivity index (χ0) is 32.2. The second kappa shape index (κ2) is 15.9. The molecule has 13 heteroatoms. The second-order valence-corrected chi connectivity index (χ2v) is 9.91. The highest BCUT2D eigenvalue weighted by Gasteiger charge is 2.42. The molecule has 0 saturated carbocycles. The molecule has 2 heterocycles. The van der Waals surface area contributed by atoms with Crippen LogP contribution in [0.4, 0.5) is 4.79 Å². The number of carbonyl (C=O) groups is 5. The maximum absolute atomic E-state index is 13.4. The number of rotatable bonds is 9. The Bertz CT molecular complexity index is 1410. The monoisotopic (exact) mass is 610 g/mol. The standard InChI is InChI=1S/C31H34N2O11/c1-6-7-15-40-31(38)44-26-23(39-5)13-14-32-24(26)27(34)33-22-17-41-29(36)21(16-20-11-9-8-10-12-20)25(19(4)42-30(22)37)43-28(35)18(2)3/h8-14,18-19,21-22,25H,15-17H2,1-5H3,(H,33,34). The van der Waals surface area contributed by atoms with Crippen molar-refractivity contribution >= 4 is 30.0 Å². The van der Waals surface area contributed by atoms with Gasteiger partial charge in [-0.3, -0.25) is 14.4 Å². The molecule has 234 valence electrons. The first-order valence-corrected chi connectivity index (χ1v) is 13.7. The third-order valence-corrected chi connectivity index (χ3v) is 6.40. The maximum atomic E-state index is 13.4. The lowest BCUT2D eigenvalue weighted by molar-refractivity contribution is -0.176. The highest BCUT2D eigenvalue weighted by atomic mass is 16.7. The Balaban J connectivity index is 1.87. The molecule has 3 rings (SSSR count). The van der Waals surface area contributed by atoms with Crippen molar-refractivity contribution in [2.75, 3.05) is 20.3 Å². The van der Waals surface area contributed by atoms with Gasteiger partial charge in [0.05, 0.1) is 13.0 Å². The van der Waals surface area contributed by atoms with E-state index in [0.29, 0.717) is 0 Å². The molecule has 0 radical (unpaired) electrons. The molecule has 1 aliphatic rings. The van der Waals surface area contributed by atoms with Gasteiger partial charge in [-0.15, -0.1) is 5.92 Å². The summed E-state index contributed by atoms with van der Waals surface area (Å²) in [5, 5.41) is 2.41. The maximum Gasteiger partial charge on any atom is 0.515 e. The van der Waals surface area contributed by atoms with Crippen LogP contribution < -0.4 is 14.8 Å². The molecule has 1 aliphatic heterocycles. The molecule has 1 saturated heterocycles. The molecule has 44 heavy (non-hydrogen) atoms. The third-order valence-electron chi connectivity index (χ3n) is 6.40. The van der Waals surface area contributed by atoms with E-state index in [9.17, 15) is 24.0 Å². The number of pyridine rings is 1. The van der Waals surface area contributed by atoms with Gasteiger partial charge in [0.2, 0.25) is 5.75 Å². The fourth-order valence-electron chi connectivity index (χ4n) is 4.11. The van der Waals surface area contributed by atoms with Crippen molar-refractivity contribution in [1.82, 2.24) is 10.3 Å². The molecule has 4 unspecified atom stereocenters. The van der Waals surface area contributed by atoms with Crippen molar-refractivity contribution in [2.24, 2.45) is 11.8 Å². The average molecular weight is 611 g/mol. The summed E-state index contributed by atoms with van der Waals surface area (Å²) >= 11 is 0. The van der Waals surface area contributed by atoms with Crippen molar-refractivity contribution in [1.29, 1.82) is 0 Å². The first-order valence-electron chi connectivity index (χ1n) is 13.7. The van der Waals surface area contributed by atoms with Crippen LogP contribution in [0.15, 0.2) is 42.6 Å². The molecule has 4 atom stereocenters. The van der Waals surface area contributed by atoms with Crippen molar-refractivity contribution in [3.63, 3.8) is 0 Å². The Morgan fingerprint density at radius 3 is 2.50 bits per heavy atom. The van der Waals surface area contributed by atoms with Gasteiger partial charge in [-0.25, -0.2) is 14.6 Å². The second-order valence-electron chi connectivity index (χ2n) is 9.91. The minimum absolute atomic E-state index is 0.0284. The number of nitrogens with one attached hydrogen (secondary N) is 1. The summed E-state index contributed by atoms with van der Waals surface area (Å²) in [6.07, 6.45) is -2.11. The van der Waals surface area contributed by atoms with E-state index in [1.807, 2.05) is 6.07 Å². The van der Waals surface area contributed by atoms with Gasteiger partial charge >= 0.3 is 24.1 Å². The van der Waals surface area contributed by atoms with Crippen molar-refractivity contribution in [3.05, 3.63) is 53.9 Å². The zero-order valence-corrected chi connectivity index (χ0v) is 25.0. The van der Waals surface area contributed by atoms with E-state index in [2.05, 4.69) is 22.1 Å². The van der Waals surface area contributed by atoms with E-state index < -0.39 is 72.4 Å². The Kier molecular flexibility index (Phi) is 12.1. The minimum Gasteiger partial charge on any atom is -0.493 e. The van der Waals surface area contributed by atoms with E-state index in [4.69, 9.17) is 28.4 Å². The molecular weight excluding hydrogens is 576 g/mol. The van der Waals surface area contributed by atoms with Crippen molar-refractivity contribution in [2.45, 2.75) is 52.4 Å². The van der Waals surface area contributed by atoms with Gasteiger partial charge in [0.1, 0.15) is 18.6 Å². The number of amides is 1. The summed E-state index contributed by atoms with van der Waals surface area (Å²) < 4.78 is 31.9. The highest BCUT2D eigenvalue weighted by molar-refractivity contribution is 5.98. The normalized spacial score (nSPS) is 19.9. The molecule has 1 aromatic heterocycles. The van der Waals surface area contributed by atoms with Gasteiger partial charge < -0.3 is 33.7 Å². The fourth-order valence-corrected chi connectivity index (χ4v) is 4.11. The predicted octanol–water partition coefficient (Wildman–Crippen LogP) is 2.64. The van der Waals surface area contributed by atoms with Crippen LogP contribution in [0.3, 0.4) is 0 Å². The number of cyclic esters (lactones) is 2. The number of benzene rings is 1. The highest BCUT2D eigenvalue weighted by Crippen LogP contribution is 2.30. The molecule has 1 N–H and O–H groups in total. The number of esters is 3. The minimum atomic E-state index is -1.50. The van der Waals surface area contributed by atoms with Crippen LogP contribution >= 0.6 is 0 Å². The van der Waals surface area contributed by atoms with E-state index in [0.717, 1.165) is 5.56 Å². The molecule has 1 aromatic carbocycles. The molecule has 2 aromatic rings. The van der Waals surface area contributed by atoms with E-state index in [1.54, 1.807) is 45.0 Å². The van der Waals surface area contributed by atoms with Gasteiger partial charge in [0.15, 0.2) is 30.2 Å². The van der Waals surface area contributed by atoms with E-state index >= 15 is 0 Å². The lowest BCUT2D eigenvalue weighted by Crippen LogP contribution is -2.47. The fraction of sp³-hybridized carbons (Fsp3) is 0.419. The Morgan fingerprint density at radius 2 is 1.84 bits per heavy atom. The largest absolute Gasteiger partial charge is 0.515 e. The molecule has 0 aliphatic carbocycles. The molecule has 1 fully saturated rings. The zero-order valence-electron chi connectivity index (χ0n) is 25.0. The number of methoxy groups -OCH3 is 1. The Labute approximate surface area is 254 Å². The van der Waals surface area contributed by atoms with Gasteiger partial charge in [0.25, 0.3) is 5.91 Å². The summed E-state index contributed by atoms with van der Waals surface area (Å²) in [6, 6.07) is 8.85. The summed E-state index contributed by atoms with van der Waals surface area (Å²) in [7, 11) is 1.28. The van der Waals surface area contributed by atoms with Gasteiger partial charge in [0, 0.05) is 12.3 Å². The summed E-state index contributed by atoms with van der Waals surface area (Å²) in [5.74, 6) is -0.174. The number of nitrogens with zero attached hydrogens (tertiary/aromatic N) is 1. The van der Waals surface area contributed by atoms with E-state index in [-0.39, 0.29) is 24.5 Å². The Hall–Kier alpha value is -5.12. The van der Waals surface area contributed by atoms with Crippen LogP contribution in [-0.2, 0) is 39.8 Å². The van der Waals surface area contributed by atoms with Crippen LogP contribution in [0, 0.1) is 23.7 Å². The number of ether oxygens (including phenoxy) is 6. The lowest BCUT2D eigenvalue weighted by Gasteiger charge is -2.29. The Morgan fingerprint density at radius 1 is 1.11 bits per heavy atom. The number of hydrogen-bond donors (Lipinski definition) is 1. The molecule has 0 bridgehead atoms. The van der Waals surface area contributed by atoms with Crippen molar-refractivity contribution in [3.8, 4) is 23.3 Å². The quantitative estimate of drug-likeness (QED) is 0.251. The molecular formula is C31H34N2O11. The molecule has 1 amide bonds. The van der Waals surface area contributed by atoms with Gasteiger partial charge in [-0.1, -0.05) is 50.1 Å². The first kappa shape index (κ1) is 33.4. The van der Waals surface area contributed by atoms with Crippen LogP contribution in [0.1, 0.15) is 43.7 Å².